The van der Waals surface area contributed by atoms with Gasteiger partial charge in [-0.15, -0.1) is 5.10 Å². The van der Waals surface area contributed by atoms with Crippen molar-refractivity contribution in [1.29, 1.82) is 0 Å². The molecule has 7 nitrogen and oxygen atoms in total. The van der Waals surface area contributed by atoms with Crippen molar-refractivity contribution in [3.05, 3.63) is 10.5 Å². The summed E-state index contributed by atoms with van der Waals surface area (Å²) in [6, 6.07) is 0. The van der Waals surface area contributed by atoms with Crippen LogP contribution in [-0.2, 0) is 16.1 Å². The number of likely N-dealkylation sites (tertiary alicyclic amines) is 1. The van der Waals surface area contributed by atoms with E-state index in [1.807, 2.05) is 11.8 Å². The van der Waals surface area contributed by atoms with Crippen molar-refractivity contribution in [1.82, 2.24) is 19.7 Å². The molecule has 3 rings (SSSR count). The highest BCUT2D eigenvalue weighted by molar-refractivity contribution is 8.00. The SMILES string of the molecule is CC1CCN(C(=O)C(C)Sc2n[nH]c(=O)n2CC2CCCO2)CC1. The molecule has 0 aliphatic carbocycles. The zero-order chi connectivity index (χ0) is 17.1. The molecule has 2 saturated heterocycles. The van der Waals surface area contributed by atoms with Crippen LogP contribution < -0.4 is 5.69 Å². The first kappa shape index (κ1) is 17.5. The maximum atomic E-state index is 12.6. The summed E-state index contributed by atoms with van der Waals surface area (Å²) in [6.45, 7) is 7.03. The summed E-state index contributed by atoms with van der Waals surface area (Å²) in [5, 5.41) is 6.91. The highest BCUT2D eigenvalue weighted by Crippen LogP contribution is 2.25. The lowest BCUT2D eigenvalue weighted by Crippen LogP contribution is -2.41. The molecule has 1 amide bonds. The number of rotatable bonds is 5. The third-order valence-electron chi connectivity index (χ3n) is 4.86. The number of carbonyl (C=O) groups is 1. The van der Waals surface area contributed by atoms with E-state index < -0.39 is 0 Å². The zero-order valence-electron chi connectivity index (χ0n) is 14.4. The Morgan fingerprint density at radius 2 is 2.17 bits per heavy atom. The van der Waals surface area contributed by atoms with E-state index in [1.165, 1.54) is 11.8 Å². The highest BCUT2D eigenvalue weighted by atomic mass is 32.2. The molecule has 0 radical (unpaired) electrons. The van der Waals surface area contributed by atoms with Gasteiger partial charge >= 0.3 is 5.69 Å². The Morgan fingerprint density at radius 3 is 2.83 bits per heavy atom. The van der Waals surface area contributed by atoms with Gasteiger partial charge in [0.15, 0.2) is 5.16 Å². The van der Waals surface area contributed by atoms with Crippen molar-refractivity contribution in [2.75, 3.05) is 19.7 Å². The van der Waals surface area contributed by atoms with Gasteiger partial charge in [-0.05, 0) is 38.5 Å². The largest absolute Gasteiger partial charge is 0.376 e. The average molecular weight is 354 g/mol. The summed E-state index contributed by atoms with van der Waals surface area (Å²) < 4.78 is 7.21. The van der Waals surface area contributed by atoms with Crippen LogP contribution >= 0.6 is 11.8 Å². The molecule has 2 atom stereocenters. The number of carbonyl (C=O) groups excluding carboxylic acids is 1. The standard InChI is InChI=1S/C16H26N4O3S/c1-11-5-7-19(8-6-11)14(21)12(2)24-16-18-17-15(22)20(16)10-13-4-3-9-23-13/h11-13H,3-10H2,1-2H3,(H,17,22). The summed E-state index contributed by atoms with van der Waals surface area (Å²) in [4.78, 5) is 26.6. The molecule has 24 heavy (non-hydrogen) atoms. The number of aromatic amines is 1. The topological polar surface area (TPSA) is 80.2 Å². The second-order valence-electron chi connectivity index (χ2n) is 6.82. The Kier molecular flexibility index (Phi) is 5.65. The van der Waals surface area contributed by atoms with Crippen LogP contribution in [0.1, 0.15) is 39.5 Å². The second kappa shape index (κ2) is 7.74. The lowest BCUT2D eigenvalue weighted by Gasteiger charge is -2.31. The van der Waals surface area contributed by atoms with E-state index in [2.05, 4.69) is 17.1 Å². The number of H-pyrrole nitrogens is 1. The van der Waals surface area contributed by atoms with E-state index in [0.717, 1.165) is 45.4 Å². The van der Waals surface area contributed by atoms with Gasteiger partial charge in [0.25, 0.3) is 0 Å². The minimum atomic E-state index is -0.253. The number of hydrogen-bond donors (Lipinski definition) is 1. The average Bonchev–Trinajstić information content (AvgIpc) is 3.20. The Labute approximate surface area is 146 Å². The minimum Gasteiger partial charge on any atom is -0.376 e. The molecule has 2 fully saturated rings. The van der Waals surface area contributed by atoms with Crippen LogP contribution in [0.4, 0.5) is 0 Å². The molecule has 2 unspecified atom stereocenters. The normalized spacial score (nSPS) is 23.6. The molecule has 0 bridgehead atoms. The van der Waals surface area contributed by atoms with E-state index in [4.69, 9.17) is 4.74 Å². The van der Waals surface area contributed by atoms with Gasteiger partial charge in [-0.1, -0.05) is 18.7 Å². The van der Waals surface area contributed by atoms with Gasteiger partial charge in [-0.3, -0.25) is 9.36 Å². The molecule has 2 aliphatic rings. The zero-order valence-corrected chi connectivity index (χ0v) is 15.2. The van der Waals surface area contributed by atoms with Crippen molar-refractivity contribution >= 4 is 17.7 Å². The Balaban J connectivity index is 1.62. The summed E-state index contributed by atoms with van der Waals surface area (Å²) in [7, 11) is 0. The molecule has 1 N–H and O–H groups in total. The predicted molar refractivity (Wildman–Crippen MR) is 92.1 cm³/mol. The van der Waals surface area contributed by atoms with Crippen LogP contribution in [0.25, 0.3) is 0 Å². The van der Waals surface area contributed by atoms with Gasteiger partial charge in [0.2, 0.25) is 5.91 Å². The monoisotopic (exact) mass is 354 g/mol. The number of ether oxygens (including phenoxy) is 1. The number of piperidine rings is 1. The van der Waals surface area contributed by atoms with Crippen LogP contribution in [0.3, 0.4) is 0 Å². The van der Waals surface area contributed by atoms with E-state index in [9.17, 15) is 9.59 Å². The molecular formula is C16H26N4O3S. The molecule has 1 aromatic heterocycles. The first-order valence-corrected chi connectivity index (χ1v) is 9.65. The number of hydrogen-bond acceptors (Lipinski definition) is 5. The number of nitrogens with one attached hydrogen (secondary N) is 1. The van der Waals surface area contributed by atoms with Crippen LogP contribution in [0, 0.1) is 5.92 Å². The van der Waals surface area contributed by atoms with E-state index >= 15 is 0 Å². The molecule has 0 aromatic carbocycles. The fraction of sp³-hybridized carbons (Fsp3) is 0.812. The van der Waals surface area contributed by atoms with Crippen molar-refractivity contribution in [2.24, 2.45) is 5.92 Å². The first-order valence-electron chi connectivity index (χ1n) is 8.77. The van der Waals surface area contributed by atoms with Crippen molar-refractivity contribution < 1.29 is 9.53 Å². The van der Waals surface area contributed by atoms with Crippen molar-refractivity contribution in [3.8, 4) is 0 Å². The Morgan fingerprint density at radius 1 is 1.42 bits per heavy atom. The highest BCUT2D eigenvalue weighted by Gasteiger charge is 2.27. The Hall–Kier alpha value is -1.28. The molecule has 0 saturated carbocycles. The lowest BCUT2D eigenvalue weighted by atomic mass is 9.99. The van der Waals surface area contributed by atoms with Crippen LogP contribution in [-0.4, -0.2) is 56.6 Å². The number of nitrogens with zero attached hydrogens (tertiary/aromatic N) is 3. The van der Waals surface area contributed by atoms with Gasteiger partial charge in [-0.25, -0.2) is 9.89 Å². The van der Waals surface area contributed by atoms with Gasteiger partial charge in [0.05, 0.1) is 17.9 Å². The predicted octanol–water partition coefficient (Wildman–Crippen LogP) is 1.49. The fourth-order valence-electron chi connectivity index (χ4n) is 3.24. The minimum absolute atomic E-state index is 0.0641. The third kappa shape index (κ3) is 4.03. The van der Waals surface area contributed by atoms with Crippen molar-refractivity contribution in [2.45, 2.75) is 62.6 Å². The first-order chi connectivity index (χ1) is 11.5. The molecule has 2 aliphatic heterocycles. The number of aromatic nitrogens is 3. The summed E-state index contributed by atoms with van der Waals surface area (Å²) in [6.07, 6.45) is 4.18. The van der Waals surface area contributed by atoms with E-state index in [1.54, 1.807) is 4.57 Å². The van der Waals surface area contributed by atoms with E-state index in [0.29, 0.717) is 17.6 Å². The number of amides is 1. The van der Waals surface area contributed by atoms with Crippen LogP contribution in [0.15, 0.2) is 9.95 Å². The maximum absolute atomic E-state index is 12.6. The smallest absolute Gasteiger partial charge is 0.344 e. The summed E-state index contributed by atoms with van der Waals surface area (Å²) in [5.41, 5.74) is -0.237. The lowest BCUT2D eigenvalue weighted by molar-refractivity contribution is -0.131. The summed E-state index contributed by atoms with van der Waals surface area (Å²) >= 11 is 1.35. The van der Waals surface area contributed by atoms with Gasteiger partial charge in [-0.2, -0.15) is 0 Å². The van der Waals surface area contributed by atoms with Gasteiger partial charge in [0, 0.05) is 19.7 Å². The molecule has 0 spiro atoms. The molecular weight excluding hydrogens is 328 g/mol. The van der Waals surface area contributed by atoms with Crippen LogP contribution in [0.2, 0.25) is 0 Å². The molecule has 3 heterocycles. The summed E-state index contributed by atoms with van der Waals surface area (Å²) in [5.74, 6) is 0.825. The molecule has 1 aromatic rings. The van der Waals surface area contributed by atoms with E-state index in [-0.39, 0.29) is 23.0 Å². The van der Waals surface area contributed by atoms with Gasteiger partial charge in [0.1, 0.15) is 0 Å². The molecule has 8 heteroatoms. The van der Waals surface area contributed by atoms with Gasteiger partial charge < -0.3 is 9.64 Å². The van der Waals surface area contributed by atoms with Crippen molar-refractivity contribution in [3.63, 3.8) is 0 Å². The van der Waals surface area contributed by atoms with Crippen LogP contribution in [0.5, 0.6) is 0 Å². The number of thioether (sulfide) groups is 1. The maximum Gasteiger partial charge on any atom is 0.344 e. The Bertz CT molecular complexity index is 615. The fourth-order valence-corrected chi connectivity index (χ4v) is 4.19. The second-order valence-corrected chi connectivity index (χ2v) is 8.13. The third-order valence-corrected chi connectivity index (χ3v) is 5.94. The molecule has 134 valence electrons. The quantitative estimate of drug-likeness (QED) is 0.811.